The lowest BCUT2D eigenvalue weighted by Crippen LogP contribution is -2.24. The summed E-state index contributed by atoms with van der Waals surface area (Å²) in [6, 6.07) is 0. The molecule has 0 aliphatic carbocycles. The van der Waals surface area contributed by atoms with Crippen LogP contribution in [-0.2, 0) is 11.8 Å². The van der Waals surface area contributed by atoms with Gasteiger partial charge < -0.3 is 10.4 Å². The van der Waals surface area contributed by atoms with E-state index in [1.165, 1.54) is 6.08 Å². The van der Waals surface area contributed by atoms with E-state index >= 15 is 0 Å². The van der Waals surface area contributed by atoms with Crippen molar-refractivity contribution < 1.29 is 9.90 Å². The van der Waals surface area contributed by atoms with Gasteiger partial charge in [-0.1, -0.05) is 0 Å². The molecule has 1 aromatic rings. The average molecular weight is 223 g/mol. The lowest BCUT2D eigenvalue weighted by molar-refractivity contribution is -0.116. The Morgan fingerprint density at radius 3 is 2.75 bits per heavy atom. The summed E-state index contributed by atoms with van der Waals surface area (Å²) in [6.07, 6.45) is 3.19. The van der Waals surface area contributed by atoms with Crippen molar-refractivity contribution in [3.05, 3.63) is 23.0 Å². The van der Waals surface area contributed by atoms with Crippen molar-refractivity contribution in [3.8, 4) is 0 Å². The van der Waals surface area contributed by atoms with Gasteiger partial charge in [0.25, 0.3) is 0 Å². The standard InChI is InChI=1S/C11H17N3O2/c1-8-10(9(2)14(3)13-8)4-5-11(16)12-6-7-15/h4-5,15H,6-7H2,1-3H3,(H,12,16)/b5-4+. The highest BCUT2D eigenvalue weighted by Gasteiger charge is 2.05. The molecule has 0 aromatic carbocycles. The van der Waals surface area contributed by atoms with Crippen molar-refractivity contribution >= 4 is 12.0 Å². The summed E-state index contributed by atoms with van der Waals surface area (Å²) in [5.74, 6) is -0.211. The highest BCUT2D eigenvalue weighted by molar-refractivity contribution is 5.91. The Kier molecular flexibility index (Phi) is 4.25. The molecule has 1 aromatic heterocycles. The molecule has 0 aliphatic heterocycles. The second kappa shape index (κ2) is 5.46. The smallest absolute Gasteiger partial charge is 0.244 e. The first-order valence-electron chi connectivity index (χ1n) is 5.13. The number of amides is 1. The number of nitrogens with zero attached hydrogens (tertiary/aromatic N) is 2. The van der Waals surface area contributed by atoms with Gasteiger partial charge in [-0.25, -0.2) is 0 Å². The Balaban J connectivity index is 2.72. The second-order valence-corrected chi connectivity index (χ2v) is 3.56. The van der Waals surface area contributed by atoms with Gasteiger partial charge in [-0.05, 0) is 19.9 Å². The van der Waals surface area contributed by atoms with Crippen molar-refractivity contribution in [2.45, 2.75) is 13.8 Å². The number of hydrogen-bond donors (Lipinski definition) is 2. The molecule has 0 aliphatic rings. The number of aryl methyl sites for hydroxylation is 2. The van der Waals surface area contributed by atoms with Crippen LogP contribution in [0.1, 0.15) is 17.0 Å². The lowest BCUT2D eigenvalue weighted by Gasteiger charge is -1.97. The maximum atomic E-state index is 11.3. The third-order valence-electron chi connectivity index (χ3n) is 2.38. The van der Waals surface area contributed by atoms with E-state index in [0.717, 1.165) is 17.0 Å². The normalized spacial score (nSPS) is 11.0. The van der Waals surface area contributed by atoms with Gasteiger partial charge in [-0.15, -0.1) is 0 Å². The number of hydrogen-bond acceptors (Lipinski definition) is 3. The largest absolute Gasteiger partial charge is 0.395 e. The number of nitrogens with one attached hydrogen (secondary N) is 1. The fourth-order valence-corrected chi connectivity index (χ4v) is 1.43. The van der Waals surface area contributed by atoms with Crippen LogP contribution < -0.4 is 5.32 Å². The van der Waals surface area contributed by atoms with Gasteiger partial charge in [-0.2, -0.15) is 5.10 Å². The van der Waals surface area contributed by atoms with Gasteiger partial charge in [0.15, 0.2) is 0 Å². The second-order valence-electron chi connectivity index (χ2n) is 3.56. The predicted octanol–water partition coefficient (Wildman–Crippen LogP) is 0.159. The minimum atomic E-state index is -0.211. The summed E-state index contributed by atoms with van der Waals surface area (Å²) in [7, 11) is 1.87. The Morgan fingerprint density at radius 2 is 2.25 bits per heavy atom. The molecule has 0 unspecified atom stereocenters. The first-order valence-corrected chi connectivity index (χ1v) is 5.13. The topological polar surface area (TPSA) is 67.2 Å². The molecule has 1 heterocycles. The van der Waals surface area contributed by atoms with E-state index in [0.29, 0.717) is 0 Å². The maximum absolute atomic E-state index is 11.3. The van der Waals surface area contributed by atoms with E-state index in [4.69, 9.17) is 5.11 Å². The summed E-state index contributed by atoms with van der Waals surface area (Å²) >= 11 is 0. The molecular formula is C11H17N3O2. The van der Waals surface area contributed by atoms with Crippen LogP contribution in [0.5, 0.6) is 0 Å². The van der Waals surface area contributed by atoms with Gasteiger partial charge in [0.05, 0.1) is 12.3 Å². The van der Waals surface area contributed by atoms with Gasteiger partial charge in [-0.3, -0.25) is 9.48 Å². The minimum Gasteiger partial charge on any atom is -0.395 e. The molecule has 5 nitrogen and oxygen atoms in total. The van der Waals surface area contributed by atoms with Gasteiger partial charge in [0, 0.05) is 30.9 Å². The Hall–Kier alpha value is -1.62. The lowest BCUT2D eigenvalue weighted by atomic mass is 10.2. The van der Waals surface area contributed by atoms with Gasteiger partial charge >= 0.3 is 0 Å². The maximum Gasteiger partial charge on any atom is 0.244 e. The Labute approximate surface area is 94.8 Å². The monoisotopic (exact) mass is 223 g/mol. The molecule has 1 amide bonds. The summed E-state index contributed by atoms with van der Waals surface area (Å²) in [4.78, 5) is 11.3. The third-order valence-corrected chi connectivity index (χ3v) is 2.38. The van der Waals surface area contributed by atoms with Crippen molar-refractivity contribution in [3.63, 3.8) is 0 Å². The van der Waals surface area contributed by atoms with Crippen LogP contribution >= 0.6 is 0 Å². The number of rotatable bonds is 4. The van der Waals surface area contributed by atoms with E-state index in [2.05, 4.69) is 10.4 Å². The van der Waals surface area contributed by atoms with Crippen LogP contribution in [0, 0.1) is 13.8 Å². The molecule has 88 valence electrons. The quantitative estimate of drug-likeness (QED) is 0.714. The number of aromatic nitrogens is 2. The molecule has 5 heteroatoms. The Bertz CT molecular complexity index is 408. The fourth-order valence-electron chi connectivity index (χ4n) is 1.43. The minimum absolute atomic E-state index is 0.0511. The van der Waals surface area contributed by atoms with Crippen molar-refractivity contribution in [2.75, 3.05) is 13.2 Å². The van der Waals surface area contributed by atoms with Gasteiger partial charge in [0.2, 0.25) is 5.91 Å². The first-order chi connectivity index (χ1) is 7.56. The van der Waals surface area contributed by atoms with E-state index in [9.17, 15) is 4.79 Å². The summed E-state index contributed by atoms with van der Waals surface area (Å²) < 4.78 is 1.78. The van der Waals surface area contributed by atoms with Crippen molar-refractivity contribution in [1.29, 1.82) is 0 Å². The fraction of sp³-hybridized carbons (Fsp3) is 0.455. The molecule has 0 saturated heterocycles. The summed E-state index contributed by atoms with van der Waals surface area (Å²) in [5.41, 5.74) is 2.87. The molecule has 0 saturated carbocycles. The molecule has 0 radical (unpaired) electrons. The highest BCUT2D eigenvalue weighted by Crippen LogP contribution is 2.13. The number of carbonyl (C=O) groups is 1. The molecule has 1 rings (SSSR count). The van der Waals surface area contributed by atoms with Crippen LogP contribution in [0.3, 0.4) is 0 Å². The number of carbonyl (C=O) groups excluding carboxylic acids is 1. The molecule has 16 heavy (non-hydrogen) atoms. The molecule has 2 N–H and O–H groups in total. The molecule has 0 fully saturated rings. The zero-order valence-corrected chi connectivity index (χ0v) is 9.82. The van der Waals surface area contributed by atoms with Crippen molar-refractivity contribution in [2.24, 2.45) is 7.05 Å². The summed E-state index contributed by atoms with van der Waals surface area (Å²) in [5, 5.41) is 15.3. The van der Waals surface area contributed by atoms with Crippen molar-refractivity contribution in [1.82, 2.24) is 15.1 Å². The first kappa shape index (κ1) is 12.4. The van der Waals surface area contributed by atoms with Crippen LogP contribution in [0.25, 0.3) is 6.08 Å². The zero-order chi connectivity index (χ0) is 12.1. The highest BCUT2D eigenvalue weighted by atomic mass is 16.3. The van der Waals surface area contributed by atoms with E-state index in [1.54, 1.807) is 10.8 Å². The van der Waals surface area contributed by atoms with E-state index < -0.39 is 0 Å². The SMILES string of the molecule is Cc1nn(C)c(C)c1/C=C/C(=O)NCCO. The third kappa shape index (κ3) is 2.93. The molecular weight excluding hydrogens is 206 g/mol. The molecule has 0 bridgehead atoms. The number of aliphatic hydroxyl groups excluding tert-OH is 1. The Morgan fingerprint density at radius 1 is 1.56 bits per heavy atom. The van der Waals surface area contributed by atoms with E-state index in [1.807, 2.05) is 20.9 Å². The molecule has 0 spiro atoms. The van der Waals surface area contributed by atoms with Crippen LogP contribution in [0.15, 0.2) is 6.08 Å². The van der Waals surface area contributed by atoms with Crippen LogP contribution in [-0.4, -0.2) is 33.9 Å². The summed E-state index contributed by atoms with van der Waals surface area (Å²) in [6.45, 7) is 4.07. The average Bonchev–Trinajstić information content (AvgIpc) is 2.48. The van der Waals surface area contributed by atoms with Crippen LogP contribution in [0.4, 0.5) is 0 Å². The zero-order valence-electron chi connectivity index (χ0n) is 9.82. The van der Waals surface area contributed by atoms with Gasteiger partial charge in [0.1, 0.15) is 0 Å². The van der Waals surface area contributed by atoms with E-state index in [-0.39, 0.29) is 19.1 Å². The van der Waals surface area contributed by atoms with Crippen LogP contribution in [0.2, 0.25) is 0 Å². The number of aliphatic hydroxyl groups is 1. The molecule has 0 atom stereocenters. The predicted molar refractivity (Wildman–Crippen MR) is 61.8 cm³/mol.